The number of carbonyl (C=O) groups is 2. The Morgan fingerprint density at radius 1 is 1.21 bits per heavy atom. The fraction of sp³-hybridized carbons (Fsp3) is 0.565. The zero-order valence-electron chi connectivity index (χ0n) is 17.5. The Morgan fingerprint density at radius 2 is 1.97 bits per heavy atom. The van der Waals surface area contributed by atoms with Crippen LogP contribution < -0.4 is 5.32 Å². The highest BCUT2D eigenvalue weighted by Gasteiger charge is 2.35. The summed E-state index contributed by atoms with van der Waals surface area (Å²) in [6, 6.07) is 3.34. The molecule has 4 rings (SSSR count). The van der Waals surface area contributed by atoms with Crippen LogP contribution in [0.5, 0.6) is 0 Å². The van der Waals surface area contributed by atoms with E-state index < -0.39 is 0 Å². The van der Waals surface area contributed by atoms with Crippen molar-refractivity contribution in [3.63, 3.8) is 0 Å². The van der Waals surface area contributed by atoms with Crippen LogP contribution in [-0.2, 0) is 12.8 Å². The van der Waals surface area contributed by atoms with Gasteiger partial charge in [-0.3, -0.25) is 9.59 Å². The number of hydrogen-bond donors (Lipinski definition) is 1. The lowest BCUT2D eigenvalue weighted by atomic mass is 9.72. The molecule has 1 fully saturated rings. The van der Waals surface area contributed by atoms with E-state index in [0.29, 0.717) is 10.9 Å². The number of nitrogens with one attached hydrogen (secondary N) is 1. The van der Waals surface area contributed by atoms with Crippen molar-refractivity contribution in [3.05, 3.63) is 40.2 Å². The van der Waals surface area contributed by atoms with E-state index in [4.69, 9.17) is 4.42 Å². The monoisotopic (exact) mass is 414 g/mol. The van der Waals surface area contributed by atoms with Crippen LogP contribution in [-0.4, -0.2) is 29.8 Å². The molecule has 1 atom stereocenters. The predicted molar refractivity (Wildman–Crippen MR) is 116 cm³/mol. The summed E-state index contributed by atoms with van der Waals surface area (Å²) in [6.45, 7) is 8.47. The van der Waals surface area contributed by atoms with Crippen LogP contribution in [0.4, 0.5) is 5.00 Å². The van der Waals surface area contributed by atoms with Crippen LogP contribution in [0, 0.1) is 11.3 Å². The number of furan rings is 1. The molecule has 2 amide bonds. The lowest BCUT2D eigenvalue weighted by molar-refractivity contribution is 0.0724. The van der Waals surface area contributed by atoms with Gasteiger partial charge in [-0.05, 0) is 67.6 Å². The maximum Gasteiger partial charge on any atom is 0.291 e. The number of carbonyl (C=O) groups excluding carboxylic acids is 2. The minimum atomic E-state index is -0.298. The number of hydrogen-bond acceptors (Lipinski definition) is 4. The molecule has 1 saturated heterocycles. The SMILES string of the molecule is CC(C)(C)C1CCc2c(sc(NC(=O)c3ccco3)c2C(=O)N2CCCCC2)C1. The molecule has 1 aliphatic heterocycles. The van der Waals surface area contributed by atoms with Crippen LogP contribution in [0.15, 0.2) is 22.8 Å². The summed E-state index contributed by atoms with van der Waals surface area (Å²) in [5, 5.41) is 3.66. The quantitative estimate of drug-likeness (QED) is 0.734. The first-order valence-electron chi connectivity index (χ1n) is 10.6. The second-order valence-corrected chi connectivity index (χ2v) is 10.4. The number of piperidine rings is 1. The Hall–Kier alpha value is -2.08. The summed E-state index contributed by atoms with van der Waals surface area (Å²) in [5.41, 5.74) is 2.11. The molecule has 2 aromatic rings. The van der Waals surface area contributed by atoms with E-state index in [-0.39, 0.29) is 23.0 Å². The maximum atomic E-state index is 13.5. The van der Waals surface area contributed by atoms with Gasteiger partial charge in [0.2, 0.25) is 0 Å². The van der Waals surface area contributed by atoms with Gasteiger partial charge in [-0.15, -0.1) is 11.3 Å². The van der Waals surface area contributed by atoms with Crippen LogP contribution in [0.3, 0.4) is 0 Å². The van der Waals surface area contributed by atoms with Gasteiger partial charge in [0.1, 0.15) is 5.00 Å². The second-order valence-electron chi connectivity index (χ2n) is 9.30. The summed E-state index contributed by atoms with van der Waals surface area (Å²) in [5.74, 6) is 0.625. The topological polar surface area (TPSA) is 62.6 Å². The van der Waals surface area contributed by atoms with Crippen molar-refractivity contribution in [3.8, 4) is 0 Å². The predicted octanol–water partition coefficient (Wildman–Crippen LogP) is 5.37. The van der Waals surface area contributed by atoms with Gasteiger partial charge in [-0.1, -0.05) is 20.8 Å². The van der Waals surface area contributed by atoms with Gasteiger partial charge in [0, 0.05) is 18.0 Å². The minimum Gasteiger partial charge on any atom is -0.459 e. The molecule has 1 N–H and O–H groups in total. The van der Waals surface area contributed by atoms with E-state index in [1.807, 2.05) is 4.90 Å². The molecule has 5 nitrogen and oxygen atoms in total. The van der Waals surface area contributed by atoms with Crippen molar-refractivity contribution in [1.82, 2.24) is 4.90 Å². The number of thiophene rings is 1. The Labute approximate surface area is 176 Å². The Morgan fingerprint density at radius 3 is 2.62 bits per heavy atom. The lowest BCUT2D eigenvalue weighted by Gasteiger charge is -2.34. The van der Waals surface area contributed by atoms with Crippen molar-refractivity contribution in [1.29, 1.82) is 0 Å². The van der Waals surface area contributed by atoms with Crippen molar-refractivity contribution < 1.29 is 14.0 Å². The number of fused-ring (bicyclic) bond motifs is 1. The zero-order chi connectivity index (χ0) is 20.6. The number of anilines is 1. The van der Waals surface area contributed by atoms with E-state index >= 15 is 0 Å². The van der Waals surface area contributed by atoms with Gasteiger partial charge in [0.25, 0.3) is 11.8 Å². The molecule has 1 unspecified atom stereocenters. The molecule has 0 aromatic carbocycles. The molecular weight excluding hydrogens is 384 g/mol. The Bertz CT molecular complexity index is 886. The third kappa shape index (κ3) is 4.13. The summed E-state index contributed by atoms with van der Waals surface area (Å²) < 4.78 is 5.25. The largest absolute Gasteiger partial charge is 0.459 e. The van der Waals surface area contributed by atoms with Crippen molar-refractivity contribution in [2.45, 2.75) is 59.3 Å². The highest BCUT2D eigenvalue weighted by molar-refractivity contribution is 7.17. The molecule has 3 heterocycles. The van der Waals surface area contributed by atoms with Crippen LogP contribution in [0.2, 0.25) is 0 Å². The molecule has 156 valence electrons. The fourth-order valence-corrected chi connectivity index (χ4v) is 5.78. The summed E-state index contributed by atoms with van der Waals surface area (Å²) >= 11 is 1.58. The molecular formula is C23H30N2O3S. The van der Waals surface area contributed by atoms with Crippen molar-refractivity contribution in [2.24, 2.45) is 11.3 Å². The molecule has 0 saturated carbocycles. The Balaban J connectivity index is 1.68. The zero-order valence-corrected chi connectivity index (χ0v) is 18.4. The number of rotatable bonds is 3. The lowest BCUT2D eigenvalue weighted by Crippen LogP contribution is -2.36. The number of likely N-dealkylation sites (tertiary alicyclic amines) is 1. The molecule has 2 aromatic heterocycles. The van der Waals surface area contributed by atoms with Crippen LogP contribution in [0.1, 0.15) is 77.8 Å². The van der Waals surface area contributed by atoms with Crippen molar-refractivity contribution >= 4 is 28.2 Å². The molecule has 0 bridgehead atoms. The first kappa shape index (κ1) is 20.2. The number of amides is 2. The minimum absolute atomic E-state index is 0.0751. The highest BCUT2D eigenvalue weighted by Crippen LogP contribution is 2.44. The van der Waals surface area contributed by atoms with Gasteiger partial charge >= 0.3 is 0 Å². The van der Waals surface area contributed by atoms with Crippen LogP contribution in [0.25, 0.3) is 0 Å². The molecule has 0 spiro atoms. The third-order valence-electron chi connectivity index (χ3n) is 6.32. The van der Waals surface area contributed by atoms with Gasteiger partial charge in [-0.25, -0.2) is 0 Å². The highest BCUT2D eigenvalue weighted by atomic mass is 32.1. The summed E-state index contributed by atoms with van der Waals surface area (Å²) in [4.78, 5) is 29.3. The van der Waals surface area contributed by atoms with E-state index in [9.17, 15) is 9.59 Å². The van der Waals surface area contributed by atoms with Gasteiger partial charge < -0.3 is 14.6 Å². The fourth-order valence-electron chi connectivity index (χ4n) is 4.47. The van der Waals surface area contributed by atoms with Gasteiger partial charge in [0.05, 0.1) is 11.8 Å². The summed E-state index contributed by atoms with van der Waals surface area (Å²) in [6.07, 6.45) is 7.73. The molecule has 0 radical (unpaired) electrons. The molecule has 1 aliphatic carbocycles. The average molecular weight is 415 g/mol. The van der Waals surface area contributed by atoms with E-state index in [2.05, 4.69) is 26.1 Å². The van der Waals surface area contributed by atoms with Gasteiger partial charge in [0.15, 0.2) is 5.76 Å². The number of nitrogens with zero attached hydrogens (tertiary/aromatic N) is 1. The maximum absolute atomic E-state index is 13.5. The van der Waals surface area contributed by atoms with Crippen LogP contribution >= 0.6 is 11.3 Å². The average Bonchev–Trinajstić information content (AvgIpc) is 3.34. The standard InChI is InChI=1S/C23H30N2O3S/c1-23(2,3)15-9-10-16-18(14-15)29-21(24-20(26)17-8-7-13-28-17)19(16)22(27)25-11-5-4-6-12-25/h7-8,13,15H,4-6,9-12,14H2,1-3H3,(H,24,26). The van der Waals surface area contributed by atoms with E-state index in [1.165, 1.54) is 17.6 Å². The van der Waals surface area contributed by atoms with Crippen molar-refractivity contribution in [2.75, 3.05) is 18.4 Å². The first-order valence-corrected chi connectivity index (χ1v) is 11.4. The second kappa shape index (κ2) is 7.98. The van der Waals surface area contributed by atoms with E-state index in [0.717, 1.165) is 56.3 Å². The summed E-state index contributed by atoms with van der Waals surface area (Å²) in [7, 11) is 0. The van der Waals surface area contributed by atoms with Gasteiger partial charge in [-0.2, -0.15) is 0 Å². The Kier molecular flexibility index (Phi) is 5.56. The smallest absolute Gasteiger partial charge is 0.291 e. The normalized spacial score (nSPS) is 19.7. The molecule has 2 aliphatic rings. The van der Waals surface area contributed by atoms with E-state index in [1.54, 1.807) is 23.5 Å². The molecule has 6 heteroatoms. The third-order valence-corrected chi connectivity index (χ3v) is 7.49. The first-order chi connectivity index (χ1) is 13.8. The molecule has 29 heavy (non-hydrogen) atoms.